The minimum atomic E-state index is 0.274. The number of imidazole rings is 1. The molecule has 19 heavy (non-hydrogen) atoms. The van der Waals surface area contributed by atoms with Gasteiger partial charge in [-0.05, 0) is 72.1 Å². The van der Waals surface area contributed by atoms with E-state index in [0.717, 1.165) is 29.7 Å². The summed E-state index contributed by atoms with van der Waals surface area (Å²) in [4.78, 5) is 3.33. The molecule has 0 radical (unpaired) electrons. The summed E-state index contributed by atoms with van der Waals surface area (Å²) in [6, 6.07) is 6.46. The van der Waals surface area contributed by atoms with Gasteiger partial charge in [-0.3, -0.25) is 0 Å². The predicted octanol–water partition coefficient (Wildman–Crippen LogP) is 5.23. The first-order valence-electron chi connectivity index (χ1n) is 6.48. The molecule has 0 unspecified atom stereocenters. The van der Waals surface area contributed by atoms with Crippen molar-refractivity contribution in [2.24, 2.45) is 0 Å². The Balaban J connectivity index is 2.51. The quantitative estimate of drug-likeness (QED) is 0.543. The zero-order chi connectivity index (χ0) is 14.0. The fraction of sp³-hybridized carbons (Fsp3) is 0.500. The van der Waals surface area contributed by atoms with Gasteiger partial charge in [-0.1, -0.05) is 13.8 Å². The summed E-state index contributed by atoms with van der Waals surface area (Å²) in [5.74, 6) is 0. The first kappa shape index (κ1) is 15.4. The fourth-order valence-electron chi connectivity index (χ4n) is 2.41. The van der Waals surface area contributed by atoms with Crippen LogP contribution < -0.4 is 0 Å². The summed E-state index contributed by atoms with van der Waals surface area (Å²) in [6.07, 6.45) is 4.52. The van der Waals surface area contributed by atoms with Gasteiger partial charge in [0, 0.05) is 14.9 Å². The van der Waals surface area contributed by atoms with Crippen LogP contribution in [-0.4, -0.2) is 20.6 Å². The summed E-state index contributed by atoms with van der Waals surface area (Å²) >= 11 is 9.79. The molecule has 0 atom stereocenters. The van der Waals surface area contributed by atoms with E-state index >= 15 is 0 Å². The lowest BCUT2D eigenvalue weighted by Crippen LogP contribution is -2.29. The number of thioether (sulfide) groups is 1. The summed E-state index contributed by atoms with van der Waals surface area (Å²) < 4.78 is 4.59. The number of H-pyrrole nitrogens is 1. The first-order valence-corrected chi connectivity index (χ1v) is 9.19. The minimum absolute atomic E-state index is 0.274. The van der Waals surface area contributed by atoms with Crippen molar-refractivity contribution < 1.29 is 0 Å². The Labute approximate surface area is 137 Å². The molecule has 0 aliphatic heterocycles. The van der Waals surface area contributed by atoms with E-state index in [0.29, 0.717) is 0 Å². The molecular formula is C14H19IN2S2. The van der Waals surface area contributed by atoms with E-state index in [-0.39, 0.29) is 4.75 Å². The summed E-state index contributed by atoms with van der Waals surface area (Å²) in [6.45, 7) is 5.50. The second-order valence-electron chi connectivity index (χ2n) is 4.77. The molecule has 0 spiro atoms. The van der Waals surface area contributed by atoms with Crippen molar-refractivity contribution in [3.05, 3.63) is 26.5 Å². The lowest BCUT2D eigenvalue weighted by atomic mass is 10.0. The number of aromatic nitrogens is 2. The smallest absolute Gasteiger partial charge is 0.178 e. The van der Waals surface area contributed by atoms with Crippen molar-refractivity contribution in [1.29, 1.82) is 0 Å². The Morgan fingerprint density at radius 1 is 1.37 bits per heavy atom. The van der Waals surface area contributed by atoms with E-state index in [9.17, 15) is 0 Å². The molecular weight excluding hydrogens is 387 g/mol. The lowest BCUT2D eigenvalue weighted by Gasteiger charge is -2.30. The van der Waals surface area contributed by atoms with Crippen molar-refractivity contribution >= 4 is 57.6 Å². The number of halogens is 1. The van der Waals surface area contributed by atoms with Gasteiger partial charge >= 0.3 is 0 Å². The van der Waals surface area contributed by atoms with E-state index in [1.807, 2.05) is 11.8 Å². The number of hydrogen-bond acceptors (Lipinski definition) is 2. The van der Waals surface area contributed by atoms with Gasteiger partial charge in [0.2, 0.25) is 0 Å². The number of aromatic amines is 1. The highest BCUT2D eigenvalue weighted by molar-refractivity contribution is 14.1. The highest BCUT2D eigenvalue weighted by Gasteiger charge is 2.26. The molecule has 0 saturated carbocycles. The average molecular weight is 406 g/mol. The molecule has 1 aromatic carbocycles. The fourth-order valence-corrected chi connectivity index (χ4v) is 4.01. The number of hydrogen-bond donors (Lipinski definition) is 1. The number of fused-ring (bicyclic) bond motifs is 1. The van der Waals surface area contributed by atoms with Gasteiger partial charge in [-0.2, -0.15) is 11.8 Å². The van der Waals surface area contributed by atoms with E-state index in [1.165, 1.54) is 9.09 Å². The van der Waals surface area contributed by atoms with Crippen LogP contribution in [0.1, 0.15) is 26.7 Å². The Bertz CT molecular complexity index is 618. The molecule has 1 N–H and O–H groups in total. The topological polar surface area (TPSA) is 20.7 Å². The van der Waals surface area contributed by atoms with Gasteiger partial charge < -0.3 is 9.55 Å². The van der Waals surface area contributed by atoms with Crippen LogP contribution >= 0.6 is 46.6 Å². The molecule has 2 rings (SSSR count). The SMILES string of the molecule is CCC(CC)(Cn1c(=S)[nH]c2cc(I)ccc21)SC. The summed E-state index contributed by atoms with van der Waals surface area (Å²) in [5, 5.41) is 0. The maximum absolute atomic E-state index is 5.50. The van der Waals surface area contributed by atoms with Crippen molar-refractivity contribution in [2.45, 2.75) is 38.0 Å². The largest absolute Gasteiger partial charge is 0.331 e. The molecule has 0 aliphatic rings. The molecule has 1 aromatic heterocycles. The van der Waals surface area contributed by atoms with Crippen LogP contribution in [0.15, 0.2) is 18.2 Å². The maximum Gasteiger partial charge on any atom is 0.178 e. The molecule has 0 aliphatic carbocycles. The standard InChI is InChI=1S/C14H19IN2S2/c1-4-14(5-2,19-3)9-17-12-7-6-10(15)8-11(12)16-13(17)18/h6-8H,4-5,9H2,1-3H3,(H,16,18). The molecule has 0 bridgehead atoms. The highest BCUT2D eigenvalue weighted by atomic mass is 127. The van der Waals surface area contributed by atoms with Crippen LogP contribution in [0.3, 0.4) is 0 Å². The molecule has 0 fully saturated rings. The predicted molar refractivity (Wildman–Crippen MR) is 96.7 cm³/mol. The van der Waals surface area contributed by atoms with Crippen molar-refractivity contribution in [3.63, 3.8) is 0 Å². The van der Waals surface area contributed by atoms with Crippen LogP contribution in [0.2, 0.25) is 0 Å². The van der Waals surface area contributed by atoms with Gasteiger partial charge in [0.15, 0.2) is 4.77 Å². The lowest BCUT2D eigenvalue weighted by molar-refractivity contribution is 0.470. The summed E-state index contributed by atoms with van der Waals surface area (Å²) in [5.41, 5.74) is 2.35. The molecule has 104 valence electrons. The Hall–Kier alpha value is -0.0100. The molecule has 2 nitrogen and oxygen atoms in total. The van der Waals surface area contributed by atoms with Crippen molar-refractivity contribution in [3.8, 4) is 0 Å². The normalized spacial score (nSPS) is 12.2. The highest BCUT2D eigenvalue weighted by Crippen LogP contribution is 2.33. The van der Waals surface area contributed by atoms with Crippen LogP contribution in [0.5, 0.6) is 0 Å². The molecule has 0 saturated heterocycles. The third kappa shape index (κ3) is 3.03. The van der Waals surface area contributed by atoms with Crippen LogP contribution in [0.25, 0.3) is 11.0 Å². The maximum atomic E-state index is 5.50. The Morgan fingerprint density at radius 2 is 2.05 bits per heavy atom. The molecule has 1 heterocycles. The van der Waals surface area contributed by atoms with Gasteiger partial charge in [0.05, 0.1) is 11.0 Å². The zero-order valence-electron chi connectivity index (χ0n) is 11.5. The minimum Gasteiger partial charge on any atom is -0.331 e. The van der Waals surface area contributed by atoms with E-state index in [4.69, 9.17) is 12.2 Å². The number of benzene rings is 1. The van der Waals surface area contributed by atoms with E-state index in [2.05, 4.69) is 70.4 Å². The number of rotatable bonds is 5. The third-order valence-corrected chi connectivity index (χ3v) is 6.47. The van der Waals surface area contributed by atoms with Gasteiger partial charge in [-0.15, -0.1) is 0 Å². The van der Waals surface area contributed by atoms with Gasteiger partial charge in [0.1, 0.15) is 0 Å². The first-order chi connectivity index (χ1) is 9.05. The monoisotopic (exact) mass is 406 g/mol. The zero-order valence-corrected chi connectivity index (χ0v) is 15.3. The Morgan fingerprint density at radius 3 is 2.63 bits per heavy atom. The Kier molecular flexibility index (Phi) is 5.00. The van der Waals surface area contributed by atoms with Crippen molar-refractivity contribution in [1.82, 2.24) is 9.55 Å². The summed E-state index contributed by atoms with van der Waals surface area (Å²) in [7, 11) is 0. The number of nitrogens with one attached hydrogen (secondary N) is 1. The van der Waals surface area contributed by atoms with E-state index < -0.39 is 0 Å². The molecule has 5 heteroatoms. The van der Waals surface area contributed by atoms with Gasteiger partial charge in [0.25, 0.3) is 0 Å². The molecule has 0 amide bonds. The van der Waals surface area contributed by atoms with Crippen LogP contribution in [-0.2, 0) is 6.54 Å². The van der Waals surface area contributed by atoms with Gasteiger partial charge in [-0.25, -0.2) is 0 Å². The second-order valence-corrected chi connectivity index (χ2v) is 7.68. The third-order valence-electron chi connectivity index (χ3n) is 3.90. The number of nitrogens with zero attached hydrogens (tertiary/aromatic N) is 1. The average Bonchev–Trinajstić information content (AvgIpc) is 2.71. The van der Waals surface area contributed by atoms with E-state index in [1.54, 1.807) is 0 Å². The molecule has 2 aromatic rings. The van der Waals surface area contributed by atoms with Crippen LogP contribution in [0.4, 0.5) is 0 Å². The second kappa shape index (κ2) is 6.18. The van der Waals surface area contributed by atoms with Crippen molar-refractivity contribution in [2.75, 3.05) is 6.26 Å². The van der Waals surface area contributed by atoms with Crippen LogP contribution in [0, 0.1) is 8.34 Å².